The van der Waals surface area contributed by atoms with Gasteiger partial charge in [-0.2, -0.15) is 0 Å². The van der Waals surface area contributed by atoms with E-state index in [9.17, 15) is 9.59 Å². The van der Waals surface area contributed by atoms with Gasteiger partial charge in [0.05, 0.1) is 5.92 Å². The van der Waals surface area contributed by atoms with Crippen LogP contribution >= 0.6 is 0 Å². The van der Waals surface area contributed by atoms with Crippen LogP contribution in [-0.4, -0.2) is 48.5 Å². The van der Waals surface area contributed by atoms with E-state index in [1.807, 2.05) is 37.4 Å². The van der Waals surface area contributed by atoms with Gasteiger partial charge >= 0.3 is 6.09 Å². The number of amides is 2. The van der Waals surface area contributed by atoms with Crippen molar-refractivity contribution in [2.75, 3.05) is 26.7 Å². The molecule has 2 amide bonds. The Morgan fingerprint density at radius 2 is 2.04 bits per heavy atom. The van der Waals surface area contributed by atoms with E-state index >= 15 is 0 Å². The summed E-state index contributed by atoms with van der Waals surface area (Å²) in [4.78, 5) is 28.2. The largest absolute Gasteiger partial charge is 0.445 e. The average molecular weight is 332 g/mol. The second-order valence-electron chi connectivity index (χ2n) is 6.44. The molecule has 0 N–H and O–H groups in total. The summed E-state index contributed by atoms with van der Waals surface area (Å²) in [5, 5.41) is 0. The van der Waals surface area contributed by atoms with E-state index in [0.717, 1.165) is 37.8 Å². The first-order chi connectivity index (χ1) is 11.6. The van der Waals surface area contributed by atoms with Crippen molar-refractivity contribution in [1.29, 1.82) is 0 Å². The third-order valence-electron chi connectivity index (χ3n) is 4.46. The molecular weight excluding hydrogens is 304 g/mol. The molecule has 1 aromatic carbocycles. The summed E-state index contributed by atoms with van der Waals surface area (Å²) < 4.78 is 5.38. The topological polar surface area (TPSA) is 49.9 Å². The molecule has 1 heterocycles. The zero-order valence-corrected chi connectivity index (χ0v) is 14.7. The molecule has 24 heavy (non-hydrogen) atoms. The molecule has 0 radical (unpaired) electrons. The summed E-state index contributed by atoms with van der Waals surface area (Å²) in [6, 6.07) is 9.63. The molecule has 0 bridgehead atoms. The lowest BCUT2D eigenvalue weighted by Gasteiger charge is -2.33. The third-order valence-corrected chi connectivity index (χ3v) is 4.46. The predicted molar refractivity (Wildman–Crippen MR) is 93.5 cm³/mol. The highest BCUT2D eigenvalue weighted by atomic mass is 16.6. The minimum Gasteiger partial charge on any atom is -0.445 e. The maximum atomic E-state index is 12.5. The molecule has 1 aromatic rings. The van der Waals surface area contributed by atoms with Gasteiger partial charge in [-0.1, -0.05) is 43.7 Å². The molecule has 5 nitrogen and oxygen atoms in total. The smallest absolute Gasteiger partial charge is 0.410 e. The minimum atomic E-state index is -0.326. The van der Waals surface area contributed by atoms with Crippen LogP contribution in [-0.2, 0) is 16.1 Å². The van der Waals surface area contributed by atoms with Crippen molar-refractivity contribution >= 4 is 12.0 Å². The molecule has 1 aliphatic rings. The molecule has 1 fully saturated rings. The zero-order chi connectivity index (χ0) is 17.4. The number of hydrogen-bond acceptors (Lipinski definition) is 3. The number of rotatable bonds is 6. The fraction of sp³-hybridized carbons (Fsp3) is 0.579. The van der Waals surface area contributed by atoms with Crippen LogP contribution in [0.5, 0.6) is 0 Å². The third kappa shape index (κ3) is 5.25. The Labute approximate surface area is 144 Å². The summed E-state index contributed by atoms with van der Waals surface area (Å²) in [7, 11) is 1.85. The predicted octanol–water partition coefficient (Wildman–Crippen LogP) is 3.29. The molecule has 1 saturated heterocycles. The molecule has 0 aromatic heterocycles. The van der Waals surface area contributed by atoms with E-state index < -0.39 is 0 Å². The Morgan fingerprint density at radius 1 is 1.29 bits per heavy atom. The van der Waals surface area contributed by atoms with Crippen molar-refractivity contribution in [3.8, 4) is 0 Å². The Balaban J connectivity index is 1.83. The lowest BCUT2D eigenvalue weighted by atomic mass is 9.97. The van der Waals surface area contributed by atoms with E-state index in [1.165, 1.54) is 0 Å². The molecule has 0 spiro atoms. The number of ether oxygens (including phenoxy) is 1. The number of carbonyl (C=O) groups is 2. The lowest BCUT2D eigenvalue weighted by Crippen LogP contribution is -2.46. The van der Waals surface area contributed by atoms with Crippen molar-refractivity contribution in [2.24, 2.45) is 5.92 Å². The van der Waals surface area contributed by atoms with Crippen molar-refractivity contribution < 1.29 is 14.3 Å². The van der Waals surface area contributed by atoms with Crippen molar-refractivity contribution in [3.63, 3.8) is 0 Å². The normalized spacial score (nSPS) is 17.4. The standard InChI is InChI=1S/C19H28N2O3/c1-3-4-12-20(2)18(22)17-11-8-13-21(14-17)19(23)24-15-16-9-6-5-7-10-16/h5-7,9-10,17H,3-4,8,11-15H2,1-2H3. The molecule has 1 unspecified atom stereocenters. The Hall–Kier alpha value is -2.04. The summed E-state index contributed by atoms with van der Waals surface area (Å²) in [5.74, 6) is 0.0360. The van der Waals surface area contributed by atoms with Crippen LogP contribution in [0.25, 0.3) is 0 Å². The van der Waals surface area contributed by atoms with Gasteiger partial charge in [0, 0.05) is 26.7 Å². The number of carbonyl (C=O) groups excluding carboxylic acids is 2. The monoisotopic (exact) mass is 332 g/mol. The number of piperidine rings is 1. The van der Waals surface area contributed by atoms with Crippen molar-refractivity contribution in [3.05, 3.63) is 35.9 Å². The maximum absolute atomic E-state index is 12.5. The fourth-order valence-corrected chi connectivity index (χ4v) is 2.97. The van der Waals surface area contributed by atoms with E-state index in [4.69, 9.17) is 4.74 Å². The Kier molecular flexibility index (Phi) is 7.09. The van der Waals surface area contributed by atoms with Gasteiger partial charge in [-0.15, -0.1) is 0 Å². The van der Waals surface area contributed by atoms with Crippen LogP contribution in [0.3, 0.4) is 0 Å². The number of hydrogen-bond donors (Lipinski definition) is 0. The highest BCUT2D eigenvalue weighted by Gasteiger charge is 2.30. The molecule has 0 saturated carbocycles. The first-order valence-electron chi connectivity index (χ1n) is 8.82. The lowest BCUT2D eigenvalue weighted by molar-refractivity contribution is -0.135. The number of nitrogens with zero attached hydrogens (tertiary/aromatic N) is 2. The number of benzene rings is 1. The van der Waals surface area contributed by atoms with E-state index in [1.54, 1.807) is 9.80 Å². The van der Waals surface area contributed by atoms with Gasteiger partial charge in [-0.05, 0) is 24.8 Å². The quantitative estimate of drug-likeness (QED) is 0.803. The molecule has 5 heteroatoms. The molecule has 1 aliphatic heterocycles. The van der Waals surface area contributed by atoms with Gasteiger partial charge in [0.25, 0.3) is 0 Å². The number of unbranched alkanes of at least 4 members (excludes halogenated alkanes) is 1. The van der Waals surface area contributed by atoms with Gasteiger partial charge in [-0.25, -0.2) is 4.79 Å². The van der Waals surface area contributed by atoms with Crippen LogP contribution in [0, 0.1) is 5.92 Å². The maximum Gasteiger partial charge on any atom is 0.410 e. The Morgan fingerprint density at radius 3 is 2.75 bits per heavy atom. The average Bonchev–Trinajstić information content (AvgIpc) is 2.64. The molecular formula is C19H28N2O3. The SMILES string of the molecule is CCCCN(C)C(=O)C1CCCN(C(=O)OCc2ccccc2)C1. The van der Waals surface area contributed by atoms with Crippen LogP contribution in [0.15, 0.2) is 30.3 Å². The van der Waals surface area contributed by atoms with E-state index in [-0.39, 0.29) is 24.5 Å². The van der Waals surface area contributed by atoms with Gasteiger partial charge in [0.1, 0.15) is 6.61 Å². The molecule has 1 atom stereocenters. The molecule has 2 rings (SSSR count). The summed E-state index contributed by atoms with van der Waals surface area (Å²) in [6.45, 7) is 4.29. The van der Waals surface area contributed by atoms with Gasteiger partial charge in [0.2, 0.25) is 5.91 Å². The van der Waals surface area contributed by atoms with Crippen LogP contribution in [0.1, 0.15) is 38.2 Å². The van der Waals surface area contributed by atoms with E-state index in [2.05, 4.69) is 6.92 Å². The van der Waals surface area contributed by atoms with Crippen LogP contribution < -0.4 is 0 Å². The van der Waals surface area contributed by atoms with Gasteiger partial charge in [-0.3, -0.25) is 4.79 Å². The highest BCUT2D eigenvalue weighted by molar-refractivity contribution is 5.79. The zero-order valence-electron chi connectivity index (χ0n) is 14.7. The summed E-state index contributed by atoms with van der Waals surface area (Å²) in [5.41, 5.74) is 0.967. The summed E-state index contributed by atoms with van der Waals surface area (Å²) in [6.07, 6.45) is 3.45. The second kappa shape index (κ2) is 9.30. The van der Waals surface area contributed by atoms with E-state index in [0.29, 0.717) is 13.1 Å². The van der Waals surface area contributed by atoms with Gasteiger partial charge < -0.3 is 14.5 Å². The second-order valence-corrected chi connectivity index (χ2v) is 6.44. The first-order valence-corrected chi connectivity index (χ1v) is 8.82. The van der Waals surface area contributed by atoms with Crippen LogP contribution in [0.4, 0.5) is 4.79 Å². The molecule has 132 valence electrons. The molecule has 0 aliphatic carbocycles. The van der Waals surface area contributed by atoms with Gasteiger partial charge in [0.15, 0.2) is 0 Å². The number of likely N-dealkylation sites (tertiary alicyclic amines) is 1. The fourth-order valence-electron chi connectivity index (χ4n) is 2.97. The summed E-state index contributed by atoms with van der Waals surface area (Å²) >= 11 is 0. The van der Waals surface area contributed by atoms with Crippen molar-refractivity contribution in [1.82, 2.24) is 9.80 Å². The van der Waals surface area contributed by atoms with Crippen molar-refractivity contribution in [2.45, 2.75) is 39.2 Å². The highest BCUT2D eigenvalue weighted by Crippen LogP contribution is 2.19. The van der Waals surface area contributed by atoms with Crippen LogP contribution in [0.2, 0.25) is 0 Å². The minimum absolute atomic E-state index is 0.107. The first kappa shape index (κ1) is 18.3. The Bertz CT molecular complexity index is 533.